The van der Waals surface area contributed by atoms with Crippen LogP contribution in [0.15, 0.2) is 52.2 Å². The van der Waals surface area contributed by atoms with Gasteiger partial charge in [-0.15, -0.1) is 0 Å². The Labute approximate surface area is 130 Å². The average molecular weight is 318 g/mol. The monoisotopic (exact) mass is 317 g/mol. The molecule has 22 heavy (non-hydrogen) atoms. The average Bonchev–Trinajstić information content (AvgIpc) is 2.85. The van der Waals surface area contributed by atoms with Crippen LogP contribution in [0.1, 0.15) is 5.56 Å². The summed E-state index contributed by atoms with van der Waals surface area (Å²) in [7, 11) is 1.66. The van der Waals surface area contributed by atoms with E-state index in [4.69, 9.17) is 11.6 Å². The number of nitrogens with zero attached hydrogens (tertiary/aromatic N) is 5. The Bertz CT molecular complexity index is 941. The topological polar surface area (TPSA) is 74.7 Å². The molecule has 0 radical (unpaired) electrons. The first-order chi connectivity index (χ1) is 10.6. The zero-order valence-corrected chi connectivity index (χ0v) is 12.4. The van der Waals surface area contributed by atoms with E-state index < -0.39 is 5.69 Å². The molecule has 0 spiro atoms. The van der Waals surface area contributed by atoms with Gasteiger partial charge in [0, 0.05) is 19.3 Å². The summed E-state index contributed by atoms with van der Waals surface area (Å²) in [4.78, 5) is 23.9. The van der Waals surface area contributed by atoms with Gasteiger partial charge in [0.25, 0.3) is 5.56 Å². The maximum Gasteiger partial charge on any atom is 0.368 e. The van der Waals surface area contributed by atoms with Gasteiger partial charge in [-0.3, -0.25) is 4.79 Å². The molecule has 0 aliphatic carbocycles. The molecule has 7 nitrogen and oxygen atoms in total. The normalized spacial score (nSPS) is 10.8. The van der Waals surface area contributed by atoms with Gasteiger partial charge in [0.2, 0.25) is 0 Å². The predicted molar refractivity (Wildman–Crippen MR) is 81.4 cm³/mol. The number of aromatic nitrogens is 5. The first-order valence-electron chi connectivity index (χ1n) is 6.49. The summed E-state index contributed by atoms with van der Waals surface area (Å²) < 4.78 is 3.76. The molecule has 0 aliphatic rings. The Kier molecular flexibility index (Phi) is 3.64. The molecular weight excluding hydrogens is 306 g/mol. The SMILES string of the molecule is Cn1ccc(Cn2nnn(-c3ccccc3Cl)c2=O)cc1=O. The molecule has 1 aromatic carbocycles. The highest BCUT2D eigenvalue weighted by atomic mass is 35.5. The second-order valence-electron chi connectivity index (χ2n) is 4.77. The molecule has 0 unspecified atom stereocenters. The lowest BCUT2D eigenvalue weighted by atomic mass is 10.2. The highest BCUT2D eigenvalue weighted by molar-refractivity contribution is 6.32. The van der Waals surface area contributed by atoms with Crippen LogP contribution in [0.5, 0.6) is 0 Å². The van der Waals surface area contributed by atoms with E-state index in [1.54, 1.807) is 43.6 Å². The lowest BCUT2D eigenvalue weighted by Gasteiger charge is -2.02. The molecule has 2 aromatic heterocycles. The number of rotatable bonds is 3. The van der Waals surface area contributed by atoms with E-state index in [2.05, 4.69) is 10.4 Å². The Morgan fingerprint density at radius 1 is 1.14 bits per heavy atom. The first kappa shape index (κ1) is 14.3. The summed E-state index contributed by atoms with van der Waals surface area (Å²) in [6.07, 6.45) is 1.64. The molecule has 0 amide bonds. The van der Waals surface area contributed by atoms with E-state index in [1.807, 2.05) is 0 Å². The minimum atomic E-state index is -0.422. The van der Waals surface area contributed by atoms with Crippen molar-refractivity contribution in [1.82, 2.24) is 24.4 Å². The molecule has 0 aliphatic heterocycles. The summed E-state index contributed by atoms with van der Waals surface area (Å²) in [5.74, 6) is 0. The summed E-state index contributed by atoms with van der Waals surface area (Å²) in [5.41, 5.74) is 0.568. The maximum absolute atomic E-state index is 12.3. The first-order valence-corrected chi connectivity index (χ1v) is 6.87. The number of benzene rings is 1. The third-order valence-corrected chi connectivity index (χ3v) is 3.54. The minimum absolute atomic E-state index is 0.149. The van der Waals surface area contributed by atoms with Crippen molar-refractivity contribution in [3.63, 3.8) is 0 Å². The predicted octanol–water partition coefficient (Wildman–Crippen LogP) is 0.829. The quantitative estimate of drug-likeness (QED) is 0.717. The highest BCUT2D eigenvalue weighted by Crippen LogP contribution is 2.16. The van der Waals surface area contributed by atoms with Crippen LogP contribution in [-0.2, 0) is 13.6 Å². The number of halogens is 1. The minimum Gasteiger partial charge on any atom is -0.319 e. The van der Waals surface area contributed by atoms with Gasteiger partial charge in [-0.2, -0.15) is 9.36 Å². The number of tetrazole rings is 1. The number of pyridine rings is 1. The van der Waals surface area contributed by atoms with Crippen LogP contribution in [0.2, 0.25) is 5.02 Å². The number of para-hydroxylation sites is 1. The molecule has 0 bridgehead atoms. The van der Waals surface area contributed by atoms with E-state index in [0.29, 0.717) is 16.3 Å². The summed E-state index contributed by atoms with van der Waals surface area (Å²) in [6.45, 7) is 0.166. The molecule has 2 heterocycles. The summed E-state index contributed by atoms with van der Waals surface area (Å²) >= 11 is 6.06. The molecule has 0 fully saturated rings. The molecule has 112 valence electrons. The lowest BCUT2D eigenvalue weighted by Crippen LogP contribution is -2.25. The summed E-state index contributed by atoms with van der Waals surface area (Å²) in [5, 5.41) is 8.07. The number of hydrogen-bond donors (Lipinski definition) is 0. The van der Waals surface area contributed by atoms with E-state index in [-0.39, 0.29) is 12.1 Å². The fourth-order valence-corrected chi connectivity index (χ4v) is 2.22. The molecule has 3 rings (SSSR count). The van der Waals surface area contributed by atoms with Gasteiger partial charge < -0.3 is 4.57 Å². The van der Waals surface area contributed by atoms with Crippen LogP contribution in [0.3, 0.4) is 0 Å². The largest absolute Gasteiger partial charge is 0.368 e. The van der Waals surface area contributed by atoms with Crippen molar-refractivity contribution in [2.24, 2.45) is 7.05 Å². The van der Waals surface area contributed by atoms with Crippen molar-refractivity contribution in [3.8, 4) is 5.69 Å². The Hall–Kier alpha value is -2.67. The third-order valence-electron chi connectivity index (χ3n) is 3.22. The maximum atomic E-state index is 12.3. The van der Waals surface area contributed by atoms with Crippen molar-refractivity contribution in [2.45, 2.75) is 6.54 Å². The molecule has 0 N–H and O–H groups in total. The van der Waals surface area contributed by atoms with Crippen molar-refractivity contribution in [1.29, 1.82) is 0 Å². The number of aryl methyl sites for hydroxylation is 1. The van der Waals surface area contributed by atoms with Crippen LogP contribution in [0, 0.1) is 0 Å². The van der Waals surface area contributed by atoms with E-state index >= 15 is 0 Å². The van der Waals surface area contributed by atoms with Crippen LogP contribution in [0.4, 0.5) is 0 Å². The highest BCUT2D eigenvalue weighted by Gasteiger charge is 2.11. The second kappa shape index (κ2) is 5.61. The second-order valence-corrected chi connectivity index (χ2v) is 5.17. The Balaban J connectivity index is 1.97. The summed E-state index contributed by atoms with van der Waals surface area (Å²) in [6, 6.07) is 10.1. The smallest absolute Gasteiger partial charge is 0.319 e. The molecule has 0 saturated carbocycles. The van der Waals surface area contributed by atoms with E-state index in [9.17, 15) is 9.59 Å². The molecule has 0 saturated heterocycles. The van der Waals surface area contributed by atoms with Crippen LogP contribution < -0.4 is 11.2 Å². The molecule has 0 atom stereocenters. The standard InChI is InChI=1S/C14H12ClN5O2/c1-18-7-6-10(8-13(18)21)9-19-14(22)20(17-16-19)12-5-3-2-4-11(12)15/h2-8H,9H2,1H3. The van der Waals surface area contributed by atoms with Gasteiger partial charge in [0.05, 0.1) is 17.3 Å². The van der Waals surface area contributed by atoms with Crippen LogP contribution in [-0.4, -0.2) is 24.4 Å². The van der Waals surface area contributed by atoms with Gasteiger partial charge in [-0.25, -0.2) is 4.79 Å². The molecule has 8 heteroatoms. The van der Waals surface area contributed by atoms with Gasteiger partial charge in [-0.05, 0) is 34.2 Å². The van der Waals surface area contributed by atoms with Crippen LogP contribution in [0.25, 0.3) is 5.69 Å². The van der Waals surface area contributed by atoms with Crippen molar-refractivity contribution >= 4 is 11.6 Å². The fourth-order valence-electron chi connectivity index (χ4n) is 2.01. The Morgan fingerprint density at radius 3 is 2.64 bits per heavy atom. The molecule has 3 aromatic rings. The van der Waals surface area contributed by atoms with Crippen molar-refractivity contribution in [3.05, 3.63) is 74.0 Å². The van der Waals surface area contributed by atoms with Gasteiger partial charge >= 0.3 is 5.69 Å². The molecular formula is C14H12ClN5O2. The fraction of sp³-hybridized carbons (Fsp3) is 0.143. The van der Waals surface area contributed by atoms with Crippen molar-refractivity contribution in [2.75, 3.05) is 0 Å². The van der Waals surface area contributed by atoms with Crippen molar-refractivity contribution < 1.29 is 0 Å². The zero-order chi connectivity index (χ0) is 15.7. The lowest BCUT2D eigenvalue weighted by molar-refractivity contribution is 0.629. The third kappa shape index (κ3) is 2.58. The van der Waals surface area contributed by atoms with E-state index in [0.717, 1.165) is 4.68 Å². The van der Waals surface area contributed by atoms with Gasteiger partial charge in [0.15, 0.2) is 0 Å². The zero-order valence-electron chi connectivity index (χ0n) is 11.7. The van der Waals surface area contributed by atoms with Crippen LogP contribution >= 0.6 is 11.6 Å². The Morgan fingerprint density at radius 2 is 1.91 bits per heavy atom. The van der Waals surface area contributed by atoms with Gasteiger partial charge in [-0.1, -0.05) is 23.7 Å². The van der Waals surface area contributed by atoms with E-state index in [1.165, 1.54) is 15.3 Å². The van der Waals surface area contributed by atoms with Gasteiger partial charge in [0.1, 0.15) is 0 Å². The number of hydrogen-bond acceptors (Lipinski definition) is 4.